The van der Waals surface area contributed by atoms with Crippen LogP contribution in [0.15, 0.2) is 63.8 Å². The molecule has 0 aliphatic carbocycles. The van der Waals surface area contributed by atoms with Crippen molar-refractivity contribution in [2.75, 3.05) is 13.2 Å². The fourth-order valence-corrected chi connectivity index (χ4v) is 3.62. The minimum Gasteiger partial charge on any atom is -0.465 e. The van der Waals surface area contributed by atoms with Crippen molar-refractivity contribution in [3.05, 3.63) is 81.2 Å². The molecule has 31 heavy (non-hydrogen) atoms. The van der Waals surface area contributed by atoms with E-state index in [0.29, 0.717) is 27.3 Å². The van der Waals surface area contributed by atoms with E-state index in [-0.39, 0.29) is 25.1 Å². The zero-order chi connectivity index (χ0) is 22.4. The Morgan fingerprint density at radius 1 is 0.968 bits per heavy atom. The van der Waals surface area contributed by atoms with Crippen molar-refractivity contribution in [1.29, 1.82) is 0 Å². The molecule has 1 unspecified atom stereocenters. The van der Waals surface area contributed by atoms with Crippen LogP contribution in [0.4, 0.5) is 0 Å². The summed E-state index contributed by atoms with van der Waals surface area (Å²) in [6.07, 6.45) is 0.115. The van der Waals surface area contributed by atoms with Gasteiger partial charge in [-0.05, 0) is 43.7 Å². The first kappa shape index (κ1) is 22.6. The number of hydrogen-bond acceptors (Lipinski definition) is 6. The van der Waals surface area contributed by atoms with Crippen molar-refractivity contribution < 1.29 is 23.5 Å². The van der Waals surface area contributed by atoms with Gasteiger partial charge in [0.15, 0.2) is 11.3 Å². The van der Waals surface area contributed by atoms with Crippen LogP contribution >= 0.6 is 11.6 Å². The summed E-state index contributed by atoms with van der Waals surface area (Å²) in [5.41, 5.74) is 0.908. The van der Waals surface area contributed by atoms with Crippen molar-refractivity contribution >= 4 is 34.5 Å². The summed E-state index contributed by atoms with van der Waals surface area (Å²) in [6.45, 7) is 3.57. The van der Waals surface area contributed by atoms with Gasteiger partial charge in [-0.15, -0.1) is 0 Å². The largest absolute Gasteiger partial charge is 0.465 e. The number of carbonyl (C=O) groups is 2. The Kier molecular flexibility index (Phi) is 7.47. The van der Waals surface area contributed by atoms with Gasteiger partial charge >= 0.3 is 11.9 Å². The van der Waals surface area contributed by atoms with E-state index < -0.39 is 23.8 Å². The molecule has 0 bridgehead atoms. The number of hydrogen-bond donors (Lipinski definition) is 0. The van der Waals surface area contributed by atoms with Crippen molar-refractivity contribution in [2.24, 2.45) is 5.92 Å². The molecule has 0 aliphatic heterocycles. The molecule has 6 nitrogen and oxygen atoms in total. The number of rotatable bonds is 8. The van der Waals surface area contributed by atoms with Crippen LogP contribution in [-0.2, 0) is 25.5 Å². The van der Waals surface area contributed by atoms with Crippen LogP contribution < -0.4 is 5.43 Å². The second kappa shape index (κ2) is 10.3. The molecular weight excluding hydrogens is 420 g/mol. The molecule has 0 N–H and O–H groups in total. The summed E-state index contributed by atoms with van der Waals surface area (Å²) < 4.78 is 16.3. The normalized spacial score (nSPS) is 12.0. The number of carbonyl (C=O) groups excluding carboxylic acids is 2. The molecule has 1 aromatic heterocycles. The predicted molar refractivity (Wildman–Crippen MR) is 117 cm³/mol. The molecule has 0 saturated carbocycles. The highest BCUT2D eigenvalue weighted by molar-refractivity contribution is 6.30. The molecule has 3 rings (SSSR count). The second-order valence-electron chi connectivity index (χ2n) is 6.92. The number of halogens is 1. The number of benzene rings is 2. The predicted octanol–water partition coefficient (Wildman–Crippen LogP) is 4.52. The van der Waals surface area contributed by atoms with E-state index in [4.69, 9.17) is 25.5 Å². The van der Waals surface area contributed by atoms with E-state index in [1.54, 1.807) is 62.4 Å². The summed E-state index contributed by atoms with van der Waals surface area (Å²) >= 11 is 6.02. The lowest BCUT2D eigenvalue weighted by molar-refractivity contribution is -0.162. The lowest BCUT2D eigenvalue weighted by Gasteiger charge is -2.24. The molecule has 7 heteroatoms. The van der Waals surface area contributed by atoms with Crippen LogP contribution in [0.1, 0.15) is 31.1 Å². The Balaban J connectivity index is 2.09. The lowest BCUT2D eigenvalue weighted by Crippen LogP contribution is -2.34. The quantitative estimate of drug-likeness (QED) is 0.377. The fourth-order valence-electron chi connectivity index (χ4n) is 3.50. The van der Waals surface area contributed by atoms with Gasteiger partial charge in [-0.25, -0.2) is 0 Å². The Bertz CT molecular complexity index is 1100. The molecule has 0 fully saturated rings. The van der Waals surface area contributed by atoms with Crippen molar-refractivity contribution in [3.8, 4) is 0 Å². The van der Waals surface area contributed by atoms with Gasteiger partial charge in [0.05, 0.1) is 18.6 Å². The molecule has 3 aromatic rings. The number of para-hydroxylation sites is 1. The zero-order valence-corrected chi connectivity index (χ0v) is 18.1. The molecular formula is C24H23ClO6. The minimum absolute atomic E-state index is 0.115. The summed E-state index contributed by atoms with van der Waals surface area (Å²) in [7, 11) is 0. The third-order valence-corrected chi connectivity index (χ3v) is 5.14. The third kappa shape index (κ3) is 5.33. The van der Waals surface area contributed by atoms with Crippen LogP contribution in [0.5, 0.6) is 0 Å². The van der Waals surface area contributed by atoms with Gasteiger partial charge in [-0.1, -0.05) is 35.9 Å². The van der Waals surface area contributed by atoms with Gasteiger partial charge in [0.25, 0.3) is 0 Å². The molecule has 1 heterocycles. The average molecular weight is 443 g/mol. The van der Waals surface area contributed by atoms with Gasteiger partial charge in [0, 0.05) is 23.4 Å². The molecule has 162 valence electrons. The first-order chi connectivity index (χ1) is 14.9. The van der Waals surface area contributed by atoms with E-state index in [0.717, 1.165) is 0 Å². The number of ether oxygens (including phenoxy) is 2. The van der Waals surface area contributed by atoms with Gasteiger partial charge < -0.3 is 13.9 Å². The Morgan fingerprint density at radius 2 is 1.58 bits per heavy atom. The van der Waals surface area contributed by atoms with Crippen LogP contribution in [0.25, 0.3) is 11.0 Å². The number of esters is 2. The molecule has 2 aromatic carbocycles. The van der Waals surface area contributed by atoms with E-state index in [1.807, 2.05) is 0 Å². The highest BCUT2D eigenvalue weighted by atomic mass is 35.5. The second-order valence-corrected chi connectivity index (χ2v) is 7.35. The maximum Gasteiger partial charge on any atom is 0.320 e. The van der Waals surface area contributed by atoms with E-state index in [1.165, 1.54) is 6.07 Å². The molecule has 1 atom stereocenters. The van der Waals surface area contributed by atoms with Crippen molar-refractivity contribution in [1.82, 2.24) is 0 Å². The monoisotopic (exact) mass is 442 g/mol. The van der Waals surface area contributed by atoms with Gasteiger partial charge in [0.2, 0.25) is 0 Å². The highest BCUT2D eigenvalue weighted by Crippen LogP contribution is 2.32. The molecule has 0 aliphatic rings. The zero-order valence-electron chi connectivity index (χ0n) is 17.3. The molecule has 0 saturated heterocycles. The SMILES string of the molecule is CCOC(=O)C(C(=O)OCC)C(Cc1cc(=O)c2ccccc2o1)c1ccc(Cl)cc1. The van der Waals surface area contributed by atoms with Crippen LogP contribution in [0, 0.1) is 5.92 Å². The van der Waals surface area contributed by atoms with Crippen LogP contribution in [-0.4, -0.2) is 25.2 Å². The minimum atomic E-state index is -1.22. The maximum atomic E-state index is 12.8. The van der Waals surface area contributed by atoms with Gasteiger partial charge in [-0.2, -0.15) is 0 Å². The Morgan fingerprint density at radius 3 is 2.19 bits per heavy atom. The average Bonchev–Trinajstić information content (AvgIpc) is 2.74. The topological polar surface area (TPSA) is 82.8 Å². The maximum absolute atomic E-state index is 12.8. The van der Waals surface area contributed by atoms with Gasteiger partial charge in [0.1, 0.15) is 11.3 Å². The molecule has 0 amide bonds. The highest BCUT2D eigenvalue weighted by Gasteiger charge is 2.39. The smallest absolute Gasteiger partial charge is 0.320 e. The summed E-state index contributed by atoms with van der Waals surface area (Å²) in [4.78, 5) is 38.1. The Hall–Kier alpha value is -3.12. The first-order valence-corrected chi connectivity index (χ1v) is 10.4. The van der Waals surface area contributed by atoms with E-state index >= 15 is 0 Å². The van der Waals surface area contributed by atoms with Crippen LogP contribution in [0.3, 0.4) is 0 Å². The van der Waals surface area contributed by atoms with Crippen molar-refractivity contribution in [3.63, 3.8) is 0 Å². The summed E-state index contributed by atoms with van der Waals surface area (Å²) in [5, 5.41) is 0.977. The summed E-state index contributed by atoms with van der Waals surface area (Å²) in [6, 6.07) is 15.1. The molecule has 0 spiro atoms. The molecule has 0 radical (unpaired) electrons. The standard InChI is InChI=1S/C24H23ClO6/c1-3-29-23(27)22(24(28)30-4-2)19(15-9-11-16(25)12-10-15)13-17-14-20(26)18-7-5-6-8-21(18)31-17/h5-12,14,19,22H,3-4,13H2,1-2H3. The van der Waals surface area contributed by atoms with Crippen LogP contribution in [0.2, 0.25) is 5.02 Å². The number of fused-ring (bicyclic) bond motifs is 1. The third-order valence-electron chi connectivity index (χ3n) is 4.89. The van der Waals surface area contributed by atoms with E-state index in [2.05, 4.69) is 0 Å². The fraction of sp³-hybridized carbons (Fsp3) is 0.292. The van der Waals surface area contributed by atoms with Crippen molar-refractivity contribution in [2.45, 2.75) is 26.2 Å². The first-order valence-electron chi connectivity index (χ1n) is 10.0. The Labute approximate surface area is 184 Å². The summed E-state index contributed by atoms with van der Waals surface area (Å²) in [5.74, 6) is -2.94. The van der Waals surface area contributed by atoms with E-state index in [9.17, 15) is 14.4 Å². The lowest BCUT2D eigenvalue weighted by atomic mass is 9.82. The van der Waals surface area contributed by atoms with Gasteiger partial charge in [-0.3, -0.25) is 14.4 Å².